The van der Waals surface area contributed by atoms with Crippen LogP contribution in [-0.2, 0) is 0 Å². The van der Waals surface area contributed by atoms with E-state index in [2.05, 4.69) is 20.7 Å². The van der Waals surface area contributed by atoms with E-state index in [1.807, 2.05) is 49.5 Å². The summed E-state index contributed by atoms with van der Waals surface area (Å²) in [6.07, 6.45) is 5.41. The molecule has 1 fully saturated rings. The van der Waals surface area contributed by atoms with Crippen LogP contribution in [0.3, 0.4) is 0 Å². The molecule has 6 nitrogen and oxygen atoms in total. The van der Waals surface area contributed by atoms with Crippen molar-refractivity contribution in [1.82, 2.24) is 19.9 Å². The molecular formula is C24H24ClFN6. The normalized spacial score (nSPS) is 14.6. The minimum Gasteiger partial charge on any atom is -0.382 e. The summed E-state index contributed by atoms with van der Waals surface area (Å²) >= 11 is 6.24. The quantitative estimate of drug-likeness (QED) is 0.442. The minimum absolute atomic E-state index is 0.316. The van der Waals surface area contributed by atoms with Crippen LogP contribution in [0.1, 0.15) is 12.8 Å². The second kappa shape index (κ2) is 8.76. The molecule has 0 aliphatic carbocycles. The third-order valence-corrected chi connectivity index (χ3v) is 6.13. The predicted octanol–water partition coefficient (Wildman–Crippen LogP) is 5.12. The lowest BCUT2D eigenvalue weighted by atomic mass is 10.00. The van der Waals surface area contributed by atoms with Crippen molar-refractivity contribution in [1.29, 1.82) is 0 Å². The second-order valence-electron chi connectivity index (χ2n) is 7.99. The zero-order valence-electron chi connectivity index (χ0n) is 17.7. The van der Waals surface area contributed by atoms with Crippen LogP contribution in [0.5, 0.6) is 0 Å². The number of aromatic nitrogens is 3. The highest BCUT2D eigenvalue weighted by atomic mass is 35.5. The van der Waals surface area contributed by atoms with Crippen LogP contribution >= 0.6 is 11.6 Å². The molecule has 32 heavy (non-hydrogen) atoms. The maximum absolute atomic E-state index is 15.5. The van der Waals surface area contributed by atoms with E-state index in [9.17, 15) is 0 Å². The number of nitrogens with one attached hydrogen (secondary N) is 2. The van der Waals surface area contributed by atoms with Gasteiger partial charge in [0.2, 0.25) is 0 Å². The highest BCUT2D eigenvalue weighted by Crippen LogP contribution is 2.37. The third kappa shape index (κ3) is 4.01. The number of piperidine rings is 1. The average Bonchev–Trinajstić information content (AvgIpc) is 3.29. The molecule has 0 atom stereocenters. The Kier molecular flexibility index (Phi) is 5.68. The van der Waals surface area contributed by atoms with Gasteiger partial charge in [0.1, 0.15) is 11.6 Å². The molecule has 8 heteroatoms. The highest BCUT2D eigenvalue weighted by Gasteiger charge is 2.20. The fourth-order valence-electron chi connectivity index (χ4n) is 4.22. The number of hydrogen-bond donors (Lipinski definition) is 2. The standard InChI is InChI=1S/C24H24ClFN6/c1-31(24-8-11-28-23-7-12-29-32(23)24)22-15-21(30-18-5-9-27-10-6-18)19(14-20(22)26)16-3-2-4-17(25)13-16/h2-4,7-8,11-15,18,27,30H,5-6,9-10H2,1H3. The van der Waals surface area contributed by atoms with Gasteiger partial charge < -0.3 is 15.5 Å². The number of benzene rings is 2. The molecule has 5 rings (SSSR count). The van der Waals surface area contributed by atoms with E-state index >= 15 is 4.39 Å². The molecule has 0 amide bonds. The van der Waals surface area contributed by atoms with Gasteiger partial charge in [-0.1, -0.05) is 23.7 Å². The maximum atomic E-state index is 15.5. The average molecular weight is 451 g/mol. The van der Waals surface area contributed by atoms with E-state index in [-0.39, 0.29) is 5.82 Å². The van der Waals surface area contributed by atoms with E-state index in [4.69, 9.17) is 11.6 Å². The maximum Gasteiger partial charge on any atom is 0.157 e. The minimum atomic E-state index is -0.324. The first-order valence-corrected chi connectivity index (χ1v) is 11.1. The number of rotatable bonds is 5. The van der Waals surface area contributed by atoms with Gasteiger partial charge in [-0.15, -0.1) is 0 Å². The van der Waals surface area contributed by atoms with Crippen molar-refractivity contribution in [3.05, 3.63) is 71.8 Å². The van der Waals surface area contributed by atoms with E-state index in [1.54, 1.807) is 27.9 Å². The molecule has 1 aliphatic rings. The van der Waals surface area contributed by atoms with Crippen molar-refractivity contribution in [2.45, 2.75) is 18.9 Å². The molecule has 0 unspecified atom stereocenters. The van der Waals surface area contributed by atoms with E-state index in [1.165, 1.54) is 0 Å². The van der Waals surface area contributed by atoms with E-state index in [0.29, 0.717) is 22.4 Å². The molecule has 2 aromatic carbocycles. The Labute approximate surface area is 191 Å². The summed E-state index contributed by atoms with van der Waals surface area (Å²) in [7, 11) is 1.84. The van der Waals surface area contributed by atoms with Crippen molar-refractivity contribution < 1.29 is 4.39 Å². The Morgan fingerprint density at radius 1 is 1.12 bits per heavy atom. The first-order chi connectivity index (χ1) is 15.6. The first-order valence-electron chi connectivity index (χ1n) is 10.7. The second-order valence-corrected chi connectivity index (χ2v) is 8.43. The molecule has 0 saturated carbocycles. The van der Waals surface area contributed by atoms with Crippen LogP contribution < -0.4 is 15.5 Å². The summed E-state index contributed by atoms with van der Waals surface area (Å²) in [5, 5.41) is 12.0. The fourth-order valence-corrected chi connectivity index (χ4v) is 4.41. The fraction of sp³-hybridized carbons (Fsp3) is 0.250. The van der Waals surface area contributed by atoms with Gasteiger partial charge in [-0.05, 0) is 61.8 Å². The van der Waals surface area contributed by atoms with Crippen LogP contribution in [0, 0.1) is 5.82 Å². The van der Waals surface area contributed by atoms with Crippen LogP contribution in [0.25, 0.3) is 16.8 Å². The predicted molar refractivity (Wildman–Crippen MR) is 127 cm³/mol. The zero-order valence-corrected chi connectivity index (χ0v) is 18.5. The molecule has 2 aromatic heterocycles. The molecule has 4 aromatic rings. The Balaban J connectivity index is 1.60. The molecule has 2 N–H and O–H groups in total. The Morgan fingerprint density at radius 3 is 2.78 bits per heavy atom. The van der Waals surface area contributed by atoms with E-state index in [0.717, 1.165) is 48.6 Å². The SMILES string of the molecule is CN(c1cc(NC2CCNCC2)c(-c2cccc(Cl)c2)cc1F)c1ccnc2ccnn12. The van der Waals surface area contributed by atoms with Gasteiger partial charge in [0, 0.05) is 41.6 Å². The lowest BCUT2D eigenvalue weighted by Crippen LogP contribution is -2.35. The summed E-state index contributed by atoms with van der Waals surface area (Å²) < 4.78 is 17.2. The van der Waals surface area contributed by atoms with Crippen molar-refractivity contribution >= 4 is 34.4 Å². The lowest BCUT2D eigenvalue weighted by molar-refractivity contribution is 0.479. The number of hydrogen-bond acceptors (Lipinski definition) is 5. The van der Waals surface area contributed by atoms with Crippen LogP contribution in [-0.4, -0.2) is 40.8 Å². The van der Waals surface area contributed by atoms with Crippen molar-refractivity contribution in [2.24, 2.45) is 0 Å². The van der Waals surface area contributed by atoms with Crippen LogP contribution in [0.2, 0.25) is 5.02 Å². The molecule has 0 bridgehead atoms. The van der Waals surface area contributed by atoms with Gasteiger partial charge in [-0.25, -0.2) is 9.37 Å². The summed E-state index contributed by atoms with van der Waals surface area (Å²) in [4.78, 5) is 6.10. The monoisotopic (exact) mass is 450 g/mol. The molecule has 1 saturated heterocycles. The summed E-state index contributed by atoms with van der Waals surface area (Å²) in [6.45, 7) is 1.93. The van der Waals surface area contributed by atoms with Crippen molar-refractivity contribution in [3.63, 3.8) is 0 Å². The number of nitrogens with zero attached hydrogens (tertiary/aromatic N) is 4. The Hall–Kier alpha value is -3.16. The topological polar surface area (TPSA) is 57.5 Å². The lowest BCUT2D eigenvalue weighted by Gasteiger charge is -2.28. The summed E-state index contributed by atoms with van der Waals surface area (Å²) in [5.74, 6) is 0.401. The number of fused-ring (bicyclic) bond motifs is 1. The van der Waals surface area contributed by atoms with Crippen LogP contribution in [0.4, 0.5) is 21.6 Å². The zero-order chi connectivity index (χ0) is 22.1. The molecule has 0 radical (unpaired) electrons. The summed E-state index contributed by atoms with van der Waals surface area (Å²) in [5.41, 5.74) is 3.71. The van der Waals surface area contributed by atoms with Gasteiger partial charge in [0.05, 0.1) is 11.9 Å². The number of anilines is 3. The Bertz CT molecular complexity index is 1250. The molecule has 3 heterocycles. The van der Waals surface area contributed by atoms with Gasteiger partial charge in [0.15, 0.2) is 5.65 Å². The molecular weight excluding hydrogens is 427 g/mol. The van der Waals surface area contributed by atoms with Crippen molar-refractivity contribution in [3.8, 4) is 11.1 Å². The van der Waals surface area contributed by atoms with Gasteiger partial charge in [-0.3, -0.25) is 0 Å². The van der Waals surface area contributed by atoms with Gasteiger partial charge in [0.25, 0.3) is 0 Å². The number of halogens is 2. The van der Waals surface area contributed by atoms with Gasteiger partial charge >= 0.3 is 0 Å². The highest BCUT2D eigenvalue weighted by molar-refractivity contribution is 6.30. The third-order valence-electron chi connectivity index (χ3n) is 5.90. The molecule has 1 aliphatic heterocycles. The molecule has 164 valence electrons. The largest absolute Gasteiger partial charge is 0.382 e. The van der Waals surface area contributed by atoms with Gasteiger partial charge in [-0.2, -0.15) is 9.61 Å². The Morgan fingerprint density at radius 2 is 1.97 bits per heavy atom. The van der Waals surface area contributed by atoms with Crippen molar-refractivity contribution in [2.75, 3.05) is 30.4 Å². The van der Waals surface area contributed by atoms with E-state index < -0.39 is 0 Å². The summed E-state index contributed by atoms with van der Waals surface area (Å²) in [6, 6.07) is 14.9. The smallest absolute Gasteiger partial charge is 0.157 e. The molecule has 0 spiro atoms. The first kappa shape index (κ1) is 20.7. The van der Waals surface area contributed by atoms with Crippen LogP contribution in [0.15, 0.2) is 60.9 Å².